The third-order valence-corrected chi connectivity index (χ3v) is 6.66. The van der Waals surface area contributed by atoms with Crippen LogP contribution in [0.25, 0.3) is 11.3 Å². The minimum atomic E-state index is -5.86. The van der Waals surface area contributed by atoms with Crippen LogP contribution in [0.15, 0.2) is 34.1 Å². The molecule has 1 aromatic heterocycles. The normalized spacial score (nSPS) is 14.1. The summed E-state index contributed by atoms with van der Waals surface area (Å²) in [5, 5.41) is 9.68. The largest absolute Gasteiger partial charge is 0.417 e. The van der Waals surface area contributed by atoms with Crippen LogP contribution in [0.1, 0.15) is 11.3 Å². The highest BCUT2D eigenvalue weighted by atomic mass is 32.2. The van der Waals surface area contributed by atoms with E-state index >= 15 is 0 Å². The van der Waals surface area contributed by atoms with Crippen LogP contribution in [0.2, 0.25) is 0 Å². The van der Waals surface area contributed by atoms with Crippen LogP contribution in [0.3, 0.4) is 0 Å². The molecule has 192 valence electrons. The molecule has 0 fully saturated rings. The molecule has 0 bridgehead atoms. The van der Waals surface area contributed by atoms with E-state index in [0.29, 0.717) is 18.2 Å². The highest BCUT2D eigenvalue weighted by Gasteiger charge is 2.57. The third-order valence-electron chi connectivity index (χ3n) is 4.67. The molecule has 18 heteroatoms. The van der Waals surface area contributed by atoms with E-state index in [0.717, 1.165) is 6.92 Å². The first-order valence-electron chi connectivity index (χ1n) is 8.56. The predicted octanol–water partition coefficient (Wildman–Crippen LogP) is 3.52. The van der Waals surface area contributed by atoms with E-state index in [-0.39, 0.29) is 10.6 Å². The van der Waals surface area contributed by atoms with Gasteiger partial charge >= 0.3 is 18.5 Å². The zero-order valence-corrected chi connectivity index (χ0v) is 18.2. The van der Waals surface area contributed by atoms with Crippen molar-refractivity contribution in [3.8, 4) is 11.3 Å². The molecule has 0 saturated heterocycles. The molecule has 0 aliphatic carbocycles. The fraction of sp³-hybridized carbons (Fsp3) is 0.375. The lowest BCUT2D eigenvalue weighted by molar-refractivity contribution is -0.287. The summed E-state index contributed by atoms with van der Waals surface area (Å²) >= 11 is 0. The lowest BCUT2D eigenvalue weighted by Crippen LogP contribution is -2.39. The molecule has 0 aliphatic rings. The number of hydrogen-bond acceptors (Lipinski definition) is 4. The number of benzene rings is 1. The van der Waals surface area contributed by atoms with Gasteiger partial charge in [-0.25, -0.2) is 27.1 Å². The summed E-state index contributed by atoms with van der Waals surface area (Å²) in [4.78, 5) is -2.37. The van der Waals surface area contributed by atoms with Gasteiger partial charge < -0.3 is 4.57 Å². The van der Waals surface area contributed by atoms with Crippen molar-refractivity contribution in [2.75, 3.05) is 0 Å². The van der Waals surface area contributed by atoms with Crippen molar-refractivity contribution >= 4 is 20.0 Å². The molecule has 7 nitrogen and oxygen atoms in total. The molecule has 34 heavy (non-hydrogen) atoms. The first kappa shape index (κ1) is 27.9. The third kappa shape index (κ3) is 5.84. The van der Waals surface area contributed by atoms with Crippen LogP contribution in [-0.4, -0.2) is 33.8 Å². The first-order valence-corrected chi connectivity index (χ1v) is 11.7. The molecule has 0 radical (unpaired) electrons. The average molecular weight is 547 g/mol. The number of hydrogen-bond donors (Lipinski definition) is 2. The lowest BCUT2D eigenvalue weighted by Gasteiger charge is -2.25. The number of primary sulfonamides is 2. The van der Waals surface area contributed by atoms with Crippen molar-refractivity contribution < 1.29 is 56.3 Å². The fourth-order valence-corrected chi connectivity index (χ4v) is 4.65. The second-order valence-electron chi connectivity index (χ2n) is 7.02. The number of nitrogens with zero attached hydrogens (tertiary/aromatic N) is 1. The van der Waals surface area contributed by atoms with Crippen molar-refractivity contribution in [2.45, 2.75) is 41.8 Å². The van der Waals surface area contributed by atoms with E-state index in [1.807, 2.05) is 0 Å². The van der Waals surface area contributed by atoms with Crippen LogP contribution in [0, 0.1) is 12.8 Å². The van der Waals surface area contributed by atoms with Crippen molar-refractivity contribution in [3.05, 3.63) is 35.5 Å². The molecule has 0 spiro atoms. The van der Waals surface area contributed by atoms with Crippen molar-refractivity contribution in [2.24, 2.45) is 16.2 Å². The topological polar surface area (TPSA) is 125 Å². The highest BCUT2D eigenvalue weighted by molar-refractivity contribution is 7.89. The minimum Gasteiger partial charge on any atom is -0.343 e. The van der Waals surface area contributed by atoms with E-state index in [1.54, 1.807) is 0 Å². The Kier molecular flexibility index (Phi) is 6.92. The van der Waals surface area contributed by atoms with Gasteiger partial charge in [-0.3, -0.25) is 0 Å². The van der Waals surface area contributed by atoms with Crippen LogP contribution in [0.5, 0.6) is 0 Å². The zero-order chi connectivity index (χ0) is 26.7. The van der Waals surface area contributed by atoms with Crippen LogP contribution >= 0.6 is 0 Å². The first-order chi connectivity index (χ1) is 15.0. The van der Waals surface area contributed by atoms with Gasteiger partial charge in [0.25, 0.3) is 0 Å². The predicted molar refractivity (Wildman–Crippen MR) is 98.0 cm³/mol. The number of alkyl halides is 9. The second-order valence-corrected chi connectivity index (χ2v) is 10.1. The molecule has 0 unspecified atom stereocenters. The summed E-state index contributed by atoms with van der Waals surface area (Å²) < 4.78 is 166. The lowest BCUT2D eigenvalue weighted by atomic mass is 10.1. The molecular weight excluding hydrogens is 533 g/mol. The maximum Gasteiger partial charge on any atom is 0.417 e. The summed E-state index contributed by atoms with van der Waals surface area (Å²) in [7, 11) is -9.69. The van der Waals surface area contributed by atoms with Gasteiger partial charge in [0.05, 0.1) is 10.5 Å². The van der Waals surface area contributed by atoms with Gasteiger partial charge in [0.1, 0.15) is 4.90 Å². The number of rotatable bonds is 5. The number of halogens is 9. The standard InChI is InChI=1S/C16H14F9N3O4S2/c1-7-12(34(27,31)32)5-10(28(7)6-13(15(20,21)22)16(23,24)25)8-2-3-11(33(26,29)30)9(4-8)14(17,18)19/h2-5,13H,6H2,1H3,(H2,26,29,30)(H2,27,31,32). The summed E-state index contributed by atoms with van der Waals surface area (Å²) in [6.45, 7) is -1.15. The van der Waals surface area contributed by atoms with Gasteiger partial charge in [-0.05, 0) is 30.7 Å². The van der Waals surface area contributed by atoms with Gasteiger partial charge in [-0.2, -0.15) is 39.5 Å². The van der Waals surface area contributed by atoms with Gasteiger partial charge in [-0.15, -0.1) is 0 Å². The summed E-state index contributed by atoms with van der Waals surface area (Å²) in [6, 6.07) is 1.54. The molecule has 0 atom stereocenters. The van der Waals surface area contributed by atoms with E-state index in [4.69, 9.17) is 10.3 Å². The summed E-state index contributed by atoms with van der Waals surface area (Å²) in [5.41, 5.74) is -4.18. The molecular formula is C16H14F9N3O4S2. The smallest absolute Gasteiger partial charge is 0.343 e. The van der Waals surface area contributed by atoms with Crippen LogP contribution in [-0.2, 0) is 32.8 Å². The Bertz CT molecular complexity index is 1290. The Morgan fingerprint density at radius 1 is 0.824 bits per heavy atom. The number of sulfonamides is 2. The SMILES string of the molecule is Cc1c(S(N)(=O)=O)cc(-c2ccc(S(N)(=O)=O)c(C(F)(F)F)c2)n1CC(C(F)(F)F)C(F)(F)F. The summed E-state index contributed by atoms with van der Waals surface area (Å²) in [6.07, 6.45) is -17.1. The highest BCUT2D eigenvalue weighted by Crippen LogP contribution is 2.43. The Morgan fingerprint density at radius 3 is 1.68 bits per heavy atom. The number of nitrogens with two attached hydrogens (primary N) is 2. The molecule has 0 amide bonds. The molecule has 1 heterocycles. The van der Waals surface area contributed by atoms with Crippen molar-refractivity contribution in [1.82, 2.24) is 4.57 Å². The fourth-order valence-electron chi connectivity index (χ4n) is 3.12. The Labute approximate surface area is 186 Å². The Morgan fingerprint density at radius 2 is 1.29 bits per heavy atom. The number of aromatic nitrogens is 1. The molecule has 1 aromatic carbocycles. The minimum absolute atomic E-state index is 0.105. The summed E-state index contributed by atoms with van der Waals surface area (Å²) in [5.74, 6) is -4.02. The van der Waals surface area contributed by atoms with E-state index < -0.39 is 83.3 Å². The quantitative estimate of drug-likeness (QED) is 0.556. The molecule has 4 N–H and O–H groups in total. The van der Waals surface area contributed by atoms with E-state index in [9.17, 15) is 56.3 Å². The van der Waals surface area contributed by atoms with Crippen LogP contribution < -0.4 is 10.3 Å². The monoisotopic (exact) mass is 547 g/mol. The van der Waals surface area contributed by atoms with Crippen molar-refractivity contribution in [3.63, 3.8) is 0 Å². The molecule has 0 saturated carbocycles. The Balaban J connectivity index is 2.90. The molecule has 0 aliphatic heterocycles. The maximum absolute atomic E-state index is 13.4. The van der Waals surface area contributed by atoms with Gasteiger partial charge in [0.2, 0.25) is 20.0 Å². The van der Waals surface area contributed by atoms with E-state index in [1.165, 1.54) is 0 Å². The van der Waals surface area contributed by atoms with Gasteiger partial charge in [-0.1, -0.05) is 6.07 Å². The van der Waals surface area contributed by atoms with Gasteiger partial charge in [0.15, 0.2) is 5.92 Å². The zero-order valence-electron chi connectivity index (χ0n) is 16.5. The Hall–Kier alpha value is -2.31. The van der Waals surface area contributed by atoms with Gasteiger partial charge in [0, 0.05) is 17.9 Å². The van der Waals surface area contributed by atoms with Crippen molar-refractivity contribution in [1.29, 1.82) is 0 Å². The average Bonchev–Trinajstić information content (AvgIpc) is 2.92. The second kappa shape index (κ2) is 8.42. The molecule has 2 rings (SSSR count). The van der Waals surface area contributed by atoms with Crippen LogP contribution in [0.4, 0.5) is 39.5 Å². The maximum atomic E-state index is 13.4. The molecule has 2 aromatic rings. The van der Waals surface area contributed by atoms with E-state index in [2.05, 4.69) is 0 Å².